The monoisotopic (exact) mass is 358 g/mol. The van der Waals surface area contributed by atoms with Crippen molar-refractivity contribution in [1.82, 2.24) is 0 Å². The van der Waals surface area contributed by atoms with Crippen LogP contribution in [0.4, 0.5) is 5.69 Å². The summed E-state index contributed by atoms with van der Waals surface area (Å²) in [5, 5.41) is 20.9. The number of carbonyl (C=O) groups excluding carboxylic acids is 2. The van der Waals surface area contributed by atoms with E-state index < -0.39 is 40.1 Å². The van der Waals surface area contributed by atoms with Gasteiger partial charge in [-0.05, 0) is 31.1 Å². The lowest BCUT2D eigenvalue weighted by Crippen LogP contribution is -2.46. The van der Waals surface area contributed by atoms with Crippen LogP contribution in [0.1, 0.15) is 24.8 Å². The van der Waals surface area contributed by atoms with Crippen LogP contribution in [0.2, 0.25) is 0 Å². The molecule has 1 aliphatic heterocycles. The summed E-state index contributed by atoms with van der Waals surface area (Å²) in [5.74, 6) is -3.28. The Bertz CT molecular complexity index is 844. The van der Waals surface area contributed by atoms with E-state index in [1.807, 2.05) is 0 Å². The van der Waals surface area contributed by atoms with Gasteiger partial charge in [0.25, 0.3) is 0 Å². The molecule has 8 heteroatoms. The Labute approximate surface area is 149 Å². The Morgan fingerprint density at radius 3 is 2.77 bits per heavy atom. The summed E-state index contributed by atoms with van der Waals surface area (Å²) in [6.07, 6.45) is 3.76. The number of phenols is 1. The molecule has 3 rings (SSSR count). The van der Waals surface area contributed by atoms with Gasteiger partial charge in [-0.2, -0.15) is 0 Å². The highest BCUT2D eigenvalue weighted by atomic mass is 16.6. The zero-order valence-electron chi connectivity index (χ0n) is 14.3. The van der Waals surface area contributed by atoms with Crippen molar-refractivity contribution in [2.24, 2.45) is 16.8 Å². The van der Waals surface area contributed by atoms with Crippen LogP contribution in [0.5, 0.6) is 5.75 Å². The Morgan fingerprint density at radius 2 is 2.12 bits per heavy atom. The molecule has 0 saturated carbocycles. The van der Waals surface area contributed by atoms with E-state index >= 15 is 0 Å². The minimum atomic E-state index is -0.819. The van der Waals surface area contributed by atoms with Gasteiger partial charge in [0.05, 0.1) is 24.0 Å². The van der Waals surface area contributed by atoms with E-state index in [9.17, 15) is 24.8 Å². The Balaban J connectivity index is 2.18. The molecule has 26 heavy (non-hydrogen) atoms. The first kappa shape index (κ1) is 17.8. The second-order valence-corrected chi connectivity index (χ2v) is 6.44. The average molecular weight is 358 g/mol. The average Bonchev–Trinajstić information content (AvgIpc) is 2.60. The third kappa shape index (κ3) is 2.87. The molecule has 0 spiro atoms. The van der Waals surface area contributed by atoms with Gasteiger partial charge in [0.1, 0.15) is 5.92 Å². The number of allylic oxidation sites excluding steroid dienone is 1. The van der Waals surface area contributed by atoms with Crippen LogP contribution in [-0.2, 0) is 14.3 Å². The van der Waals surface area contributed by atoms with Crippen molar-refractivity contribution in [3.8, 4) is 5.75 Å². The zero-order valence-corrected chi connectivity index (χ0v) is 14.3. The number of ketones is 1. The number of ether oxygens (including phenoxy) is 1. The molecule has 0 radical (unpaired) electrons. The van der Waals surface area contributed by atoms with Gasteiger partial charge in [-0.15, -0.1) is 0 Å². The summed E-state index contributed by atoms with van der Waals surface area (Å²) < 4.78 is 4.90. The van der Waals surface area contributed by atoms with Crippen molar-refractivity contribution < 1.29 is 24.4 Å². The molecule has 136 valence electrons. The number of rotatable bonds is 3. The molecule has 1 aromatic carbocycles. The molecule has 1 N–H and O–H groups in total. The quantitative estimate of drug-likeness (QED) is 0.502. The molecule has 1 aliphatic carbocycles. The fourth-order valence-electron chi connectivity index (χ4n) is 3.87. The number of benzene rings is 1. The molecule has 2 aliphatic rings. The Hall–Kier alpha value is -3.03. The molecule has 0 fully saturated rings. The van der Waals surface area contributed by atoms with E-state index in [-0.39, 0.29) is 11.8 Å². The summed E-state index contributed by atoms with van der Waals surface area (Å²) in [7, 11) is 1.25. The first-order chi connectivity index (χ1) is 12.3. The summed E-state index contributed by atoms with van der Waals surface area (Å²) in [6.45, 7) is 1.70. The van der Waals surface area contributed by atoms with Gasteiger partial charge in [-0.1, -0.05) is 12.1 Å². The topological polar surface area (TPSA) is 119 Å². The Kier molecular flexibility index (Phi) is 4.58. The second kappa shape index (κ2) is 6.70. The molecule has 0 amide bonds. The number of fused-ring (bicyclic) bond motifs is 1. The first-order valence-electron chi connectivity index (χ1n) is 8.15. The SMILES string of the molecule is COC(=O)C1C(C)=N[C@H]2CC=CC(=O)[C@@H]2[C@@H]1c1ccc(O)c([N+](=O)[O-])c1. The van der Waals surface area contributed by atoms with Gasteiger partial charge >= 0.3 is 11.7 Å². The summed E-state index contributed by atoms with van der Waals surface area (Å²) in [4.78, 5) is 40.0. The van der Waals surface area contributed by atoms with E-state index in [0.29, 0.717) is 17.7 Å². The second-order valence-electron chi connectivity index (χ2n) is 6.44. The summed E-state index contributed by atoms with van der Waals surface area (Å²) >= 11 is 0. The summed E-state index contributed by atoms with van der Waals surface area (Å²) in [5.41, 5.74) is 0.487. The largest absolute Gasteiger partial charge is 0.502 e. The fraction of sp³-hybridized carbons (Fsp3) is 0.389. The normalized spacial score (nSPS) is 27.5. The number of aromatic hydroxyl groups is 1. The fourth-order valence-corrected chi connectivity index (χ4v) is 3.87. The third-order valence-electron chi connectivity index (χ3n) is 5.00. The van der Waals surface area contributed by atoms with Crippen LogP contribution in [-0.4, -0.2) is 40.6 Å². The number of methoxy groups -OCH3 is 1. The third-order valence-corrected chi connectivity index (χ3v) is 5.00. The van der Waals surface area contributed by atoms with E-state index in [0.717, 1.165) is 0 Å². The number of aliphatic imine (C=N–C) groups is 1. The van der Waals surface area contributed by atoms with Gasteiger partial charge < -0.3 is 9.84 Å². The van der Waals surface area contributed by atoms with Gasteiger partial charge in [0.15, 0.2) is 11.5 Å². The molecule has 1 unspecified atom stereocenters. The highest BCUT2D eigenvalue weighted by Crippen LogP contribution is 2.45. The number of esters is 1. The van der Waals surface area contributed by atoms with Gasteiger partial charge in [0, 0.05) is 17.7 Å². The van der Waals surface area contributed by atoms with E-state index in [4.69, 9.17) is 4.74 Å². The van der Waals surface area contributed by atoms with Crippen molar-refractivity contribution in [1.29, 1.82) is 0 Å². The van der Waals surface area contributed by atoms with Crippen LogP contribution < -0.4 is 0 Å². The van der Waals surface area contributed by atoms with E-state index in [2.05, 4.69) is 4.99 Å². The lowest BCUT2D eigenvalue weighted by molar-refractivity contribution is -0.385. The smallest absolute Gasteiger partial charge is 0.315 e. The van der Waals surface area contributed by atoms with Crippen LogP contribution in [0, 0.1) is 22.0 Å². The lowest BCUT2D eigenvalue weighted by atomic mass is 9.66. The van der Waals surface area contributed by atoms with E-state index in [1.165, 1.54) is 31.4 Å². The maximum Gasteiger partial charge on any atom is 0.315 e. The molecule has 1 heterocycles. The number of carbonyl (C=O) groups is 2. The molecule has 8 nitrogen and oxygen atoms in total. The highest BCUT2D eigenvalue weighted by molar-refractivity contribution is 6.05. The van der Waals surface area contributed by atoms with Crippen molar-refractivity contribution in [3.05, 3.63) is 46.0 Å². The molecule has 0 aromatic heterocycles. The number of nitro groups is 1. The first-order valence-corrected chi connectivity index (χ1v) is 8.15. The number of hydrogen-bond acceptors (Lipinski definition) is 7. The summed E-state index contributed by atoms with van der Waals surface area (Å²) in [6, 6.07) is 3.61. The molecular formula is C18H18N2O6. The van der Waals surface area contributed by atoms with Gasteiger partial charge in [-0.3, -0.25) is 24.7 Å². The number of hydrogen-bond donors (Lipinski definition) is 1. The lowest BCUT2D eigenvalue weighted by Gasteiger charge is -2.40. The van der Waals surface area contributed by atoms with Gasteiger partial charge in [-0.25, -0.2) is 0 Å². The van der Waals surface area contributed by atoms with Crippen LogP contribution >= 0.6 is 0 Å². The molecular weight excluding hydrogens is 340 g/mol. The number of phenolic OH excluding ortho intramolecular Hbond substituents is 1. The molecule has 1 aromatic rings. The molecule has 0 saturated heterocycles. The van der Waals surface area contributed by atoms with Crippen LogP contribution in [0.3, 0.4) is 0 Å². The van der Waals surface area contributed by atoms with Crippen LogP contribution in [0.25, 0.3) is 0 Å². The van der Waals surface area contributed by atoms with Crippen LogP contribution in [0.15, 0.2) is 35.3 Å². The standard InChI is InChI=1S/C18H18N2O6/c1-9-15(18(23)26-2)16(17-11(19-9)4-3-5-14(17)22)10-6-7-13(21)12(8-10)20(24)25/h3,5-8,11,15-17,21H,4H2,1-2H3/t11-,15?,16+,17+/m0/s1. The predicted molar refractivity (Wildman–Crippen MR) is 92.2 cm³/mol. The minimum absolute atomic E-state index is 0.174. The van der Waals surface area contributed by atoms with Crippen molar-refractivity contribution in [3.63, 3.8) is 0 Å². The molecule has 0 bridgehead atoms. The minimum Gasteiger partial charge on any atom is -0.502 e. The van der Waals surface area contributed by atoms with E-state index in [1.54, 1.807) is 13.0 Å². The Morgan fingerprint density at radius 1 is 1.38 bits per heavy atom. The van der Waals surface area contributed by atoms with Crippen molar-refractivity contribution >= 4 is 23.2 Å². The van der Waals surface area contributed by atoms with Crippen molar-refractivity contribution in [2.75, 3.05) is 7.11 Å². The van der Waals surface area contributed by atoms with Crippen molar-refractivity contribution in [2.45, 2.75) is 25.3 Å². The van der Waals surface area contributed by atoms with Gasteiger partial charge in [0.2, 0.25) is 0 Å². The maximum atomic E-state index is 12.6. The maximum absolute atomic E-state index is 12.6. The predicted octanol–water partition coefficient (Wildman–Crippen LogP) is 2.16. The highest BCUT2D eigenvalue weighted by Gasteiger charge is 2.48. The number of nitro benzene ring substituents is 1. The zero-order chi connectivity index (χ0) is 19.0. The number of nitrogens with zero attached hydrogens (tertiary/aromatic N) is 2. The molecule has 4 atom stereocenters.